The van der Waals surface area contributed by atoms with E-state index in [0.717, 1.165) is 41.1 Å². The Labute approximate surface area is 170 Å². The number of carbonyl (C=O) groups is 1. The van der Waals surface area contributed by atoms with E-state index >= 15 is 0 Å². The first kappa shape index (κ1) is 19.2. The molecule has 152 valence electrons. The zero-order chi connectivity index (χ0) is 20.4. The summed E-state index contributed by atoms with van der Waals surface area (Å²) in [7, 11) is 1.67. The van der Waals surface area contributed by atoms with E-state index in [-0.39, 0.29) is 11.8 Å². The Morgan fingerprint density at radius 3 is 2.76 bits per heavy atom. The predicted molar refractivity (Wildman–Crippen MR) is 109 cm³/mol. The van der Waals surface area contributed by atoms with Gasteiger partial charge in [-0.05, 0) is 36.5 Å². The first-order valence-corrected chi connectivity index (χ1v) is 10.0. The third-order valence-corrected chi connectivity index (χ3v) is 5.57. The van der Waals surface area contributed by atoms with E-state index in [1.807, 2.05) is 43.1 Å². The van der Waals surface area contributed by atoms with Gasteiger partial charge >= 0.3 is 0 Å². The van der Waals surface area contributed by atoms with Crippen molar-refractivity contribution >= 4 is 5.91 Å². The Balaban J connectivity index is 1.45. The number of aromatic nitrogens is 3. The highest BCUT2D eigenvalue weighted by atomic mass is 16.5. The summed E-state index contributed by atoms with van der Waals surface area (Å²) in [5.41, 5.74) is 4.09. The van der Waals surface area contributed by atoms with Gasteiger partial charge in [0.25, 0.3) is 5.91 Å². The number of nitrogens with one attached hydrogen (secondary N) is 1. The lowest BCUT2D eigenvalue weighted by Gasteiger charge is -2.31. The molecule has 0 radical (unpaired) electrons. The molecule has 7 nitrogen and oxygen atoms in total. The van der Waals surface area contributed by atoms with Gasteiger partial charge in [-0.1, -0.05) is 31.1 Å². The van der Waals surface area contributed by atoms with Crippen LogP contribution < -0.4 is 4.74 Å². The number of hydrogen-bond acceptors (Lipinski definition) is 5. The molecule has 29 heavy (non-hydrogen) atoms. The van der Waals surface area contributed by atoms with Crippen LogP contribution >= 0.6 is 0 Å². The minimum atomic E-state index is -0.0829. The molecule has 4 rings (SSSR count). The van der Waals surface area contributed by atoms with Crippen LogP contribution in [0.15, 0.2) is 41.1 Å². The average Bonchev–Trinajstić information content (AvgIpc) is 3.43. The molecule has 0 aliphatic carbocycles. The average molecular weight is 394 g/mol. The van der Waals surface area contributed by atoms with E-state index in [4.69, 9.17) is 9.26 Å². The molecule has 1 aliphatic heterocycles. The van der Waals surface area contributed by atoms with Crippen LogP contribution in [0.2, 0.25) is 0 Å². The molecular formula is C22H26N4O3. The summed E-state index contributed by atoms with van der Waals surface area (Å²) in [6.07, 6.45) is 3.61. The van der Waals surface area contributed by atoms with E-state index in [1.54, 1.807) is 13.2 Å². The van der Waals surface area contributed by atoms with Crippen molar-refractivity contribution in [3.8, 4) is 16.9 Å². The molecule has 2 aromatic heterocycles. The van der Waals surface area contributed by atoms with Gasteiger partial charge in [0.2, 0.25) is 5.76 Å². The number of nitrogens with zero attached hydrogens (tertiary/aromatic N) is 3. The number of benzene rings is 1. The molecular weight excluding hydrogens is 368 g/mol. The van der Waals surface area contributed by atoms with Gasteiger partial charge in [-0.2, -0.15) is 5.10 Å². The zero-order valence-electron chi connectivity index (χ0n) is 17.0. The molecule has 1 N–H and O–H groups in total. The highest BCUT2D eigenvalue weighted by Crippen LogP contribution is 2.35. The number of carbonyl (C=O) groups excluding carboxylic acids is 1. The molecule has 0 unspecified atom stereocenters. The molecule has 0 spiro atoms. The van der Waals surface area contributed by atoms with Crippen LogP contribution in [-0.4, -0.2) is 46.4 Å². The van der Waals surface area contributed by atoms with Crippen molar-refractivity contribution in [2.45, 2.75) is 38.5 Å². The number of piperidine rings is 1. The lowest BCUT2D eigenvalue weighted by Crippen LogP contribution is -2.37. The Morgan fingerprint density at radius 1 is 1.28 bits per heavy atom. The number of amides is 1. The maximum Gasteiger partial charge on any atom is 0.292 e. The van der Waals surface area contributed by atoms with Gasteiger partial charge in [-0.15, -0.1) is 0 Å². The topological polar surface area (TPSA) is 84.2 Å². The van der Waals surface area contributed by atoms with Crippen molar-refractivity contribution in [2.75, 3.05) is 20.2 Å². The number of H-pyrrole nitrogens is 1. The number of hydrogen-bond donors (Lipinski definition) is 1. The zero-order valence-corrected chi connectivity index (χ0v) is 17.0. The van der Waals surface area contributed by atoms with Crippen LogP contribution in [0.3, 0.4) is 0 Å². The van der Waals surface area contributed by atoms with Gasteiger partial charge in [0, 0.05) is 36.3 Å². The van der Waals surface area contributed by atoms with Crippen molar-refractivity contribution in [2.24, 2.45) is 0 Å². The first-order chi connectivity index (χ1) is 14.1. The highest BCUT2D eigenvalue weighted by molar-refractivity contribution is 5.91. The molecule has 1 saturated heterocycles. The second-order valence-corrected chi connectivity index (χ2v) is 7.77. The lowest BCUT2D eigenvalue weighted by atomic mass is 9.89. The standard InChI is InChI=1S/C22H26N4O3/c1-14(2)19-12-20(29-25-19)22(27)26-9-7-15(8-10-26)21-18(13-23-24-21)16-5-4-6-17(11-16)28-3/h4-6,11-15H,7-10H2,1-3H3,(H,23,24). The van der Waals surface area contributed by atoms with Crippen LogP contribution in [0.4, 0.5) is 0 Å². The molecule has 1 aromatic carbocycles. The van der Waals surface area contributed by atoms with Crippen LogP contribution in [-0.2, 0) is 0 Å². The van der Waals surface area contributed by atoms with Crippen LogP contribution in [0.5, 0.6) is 5.75 Å². The van der Waals surface area contributed by atoms with Crippen molar-refractivity contribution in [1.29, 1.82) is 0 Å². The molecule has 1 aliphatic rings. The quantitative estimate of drug-likeness (QED) is 0.700. The van der Waals surface area contributed by atoms with Gasteiger partial charge in [-0.3, -0.25) is 9.89 Å². The summed E-state index contributed by atoms with van der Waals surface area (Å²) in [5.74, 6) is 1.62. The van der Waals surface area contributed by atoms with Gasteiger partial charge in [0.15, 0.2) is 0 Å². The van der Waals surface area contributed by atoms with E-state index in [0.29, 0.717) is 24.8 Å². The number of aromatic amines is 1. The molecule has 7 heteroatoms. The minimum Gasteiger partial charge on any atom is -0.497 e. The van der Waals surface area contributed by atoms with Gasteiger partial charge < -0.3 is 14.2 Å². The fourth-order valence-electron chi connectivity index (χ4n) is 3.82. The van der Waals surface area contributed by atoms with Crippen molar-refractivity contribution in [3.05, 3.63) is 53.7 Å². The molecule has 1 fully saturated rings. The molecule has 0 bridgehead atoms. The van der Waals surface area contributed by atoms with Crippen LogP contribution in [0, 0.1) is 0 Å². The molecule has 1 amide bonds. The second-order valence-electron chi connectivity index (χ2n) is 7.77. The Bertz CT molecular complexity index is 983. The van der Waals surface area contributed by atoms with Gasteiger partial charge in [0.1, 0.15) is 5.75 Å². The monoisotopic (exact) mass is 394 g/mol. The summed E-state index contributed by atoms with van der Waals surface area (Å²) in [4.78, 5) is 14.6. The van der Waals surface area contributed by atoms with Crippen LogP contribution in [0.1, 0.15) is 60.5 Å². The summed E-state index contributed by atoms with van der Waals surface area (Å²) < 4.78 is 10.6. The largest absolute Gasteiger partial charge is 0.497 e. The smallest absolute Gasteiger partial charge is 0.292 e. The van der Waals surface area contributed by atoms with E-state index < -0.39 is 0 Å². The molecule has 3 aromatic rings. The Hall–Kier alpha value is -3.09. The maximum absolute atomic E-state index is 12.7. The molecule has 0 saturated carbocycles. The van der Waals surface area contributed by atoms with Crippen LogP contribution in [0.25, 0.3) is 11.1 Å². The Kier molecular flexibility index (Phi) is 5.38. The number of methoxy groups -OCH3 is 1. The van der Waals surface area contributed by atoms with E-state index in [9.17, 15) is 4.79 Å². The third-order valence-electron chi connectivity index (χ3n) is 5.57. The molecule has 0 atom stereocenters. The summed E-state index contributed by atoms with van der Waals surface area (Å²) >= 11 is 0. The second kappa shape index (κ2) is 8.11. The van der Waals surface area contributed by atoms with Crippen molar-refractivity contribution in [1.82, 2.24) is 20.3 Å². The van der Waals surface area contributed by atoms with Crippen molar-refractivity contribution in [3.63, 3.8) is 0 Å². The SMILES string of the molecule is COc1cccc(-c2cn[nH]c2C2CCN(C(=O)c3cc(C(C)C)no3)CC2)c1. The highest BCUT2D eigenvalue weighted by Gasteiger charge is 2.29. The van der Waals surface area contributed by atoms with Gasteiger partial charge in [0.05, 0.1) is 19.0 Å². The Morgan fingerprint density at radius 2 is 2.07 bits per heavy atom. The maximum atomic E-state index is 12.7. The third kappa shape index (κ3) is 3.90. The minimum absolute atomic E-state index is 0.0829. The van der Waals surface area contributed by atoms with E-state index in [1.165, 1.54) is 0 Å². The summed E-state index contributed by atoms with van der Waals surface area (Å²) in [6, 6.07) is 9.75. The molecule has 3 heterocycles. The predicted octanol–water partition coefficient (Wildman–Crippen LogP) is 4.22. The fraction of sp³-hybridized carbons (Fsp3) is 0.409. The fourth-order valence-corrected chi connectivity index (χ4v) is 3.82. The normalized spacial score (nSPS) is 15.1. The van der Waals surface area contributed by atoms with Gasteiger partial charge in [-0.25, -0.2) is 0 Å². The van der Waals surface area contributed by atoms with Crippen molar-refractivity contribution < 1.29 is 14.1 Å². The number of ether oxygens (including phenoxy) is 1. The number of likely N-dealkylation sites (tertiary alicyclic amines) is 1. The summed E-state index contributed by atoms with van der Waals surface area (Å²) in [5, 5.41) is 11.5. The van der Waals surface area contributed by atoms with E-state index in [2.05, 4.69) is 21.4 Å². The number of rotatable bonds is 5. The first-order valence-electron chi connectivity index (χ1n) is 10.0. The lowest BCUT2D eigenvalue weighted by molar-refractivity contribution is 0.0670. The summed E-state index contributed by atoms with van der Waals surface area (Å²) in [6.45, 7) is 5.42.